The van der Waals surface area contributed by atoms with Gasteiger partial charge in [0.25, 0.3) is 5.91 Å². The number of amides is 2. The number of β-lactam (4-membered cyclic amide) rings is 1. The molecule has 0 aromatic heterocycles. The van der Waals surface area contributed by atoms with E-state index in [1.807, 2.05) is 0 Å². The zero-order valence-electron chi connectivity index (χ0n) is 12.4. The summed E-state index contributed by atoms with van der Waals surface area (Å²) in [7, 11) is 0. The highest BCUT2D eigenvalue weighted by molar-refractivity contribution is 8.00. The van der Waals surface area contributed by atoms with E-state index in [9.17, 15) is 19.5 Å². The number of alkyl halides is 1. The van der Waals surface area contributed by atoms with E-state index in [2.05, 4.69) is 5.32 Å². The zero-order valence-corrected chi connectivity index (χ0v) is 14.0. The molecule has 2 atom stereocenters. The second-order valence-electron chi connectivity index (χ2n) is 5.92. The molecule has 0 aromatic rings. The van der Waals surface area contributed by atoms with Gasteiger partial charge < -0.3 is 15.2 Å². The number of rotatable bonds is 3. The highest BCUT2D eigenvalue weighted by Crippen LogP contribution is 2.40. The fourth-order valence-electron chi connectivity index (χ4n) is 2.22. The van der Waals surface area contributed by atoms with Crippen molar-refractivity contribution in [3.63, 3.8) is 0 Å². The number of ether oxygens (including phenoxy) is 1. The zero-order chi connectivity index (χ0) is 16.7. The summed E-state index contributed by atoms with van der Waals surface area (Å²) in [5.74, 6) is -1.20. The van der Waals surface area contributed by atoms with E-state index in [1.54, 1.807) is 20.8 Å². The van der Waals surface area contributed by atoms with Crippen molar-refractivity contribution in [3.05, 3.63) is 11.3 Å². The van der Waals surface area contributed by atoms with Crippen LogP contribution in [-0.2, 0) is 14.3 Å². The molecule has 2 heterocycles. The Balaban J connectivity index is 2.10. The van der Waals surface area contributed by atoms with Crippen molar-refractivity contribution in [1.29, 1.82) is 0 Å². The monoisotopic (exact) mass is 348 g/mol. The summed E-state index contributed by atoms with van der Waals surface area (Å²) in [6.07, 6.45) is -0.699. The van der Waals surface area contributed by atoms with Gasteiger partial charge in [-0.3, -0.25) is 9.69 Å². The average Bonchev–Trinajstić information content (AvgIpc) is 2.40. The number of nitrogens with zero attached hydrogens (tertiary/aromatic N) is 1. The largest absolute Gasteiger partial charge is 0.477 e. The molecule has 22 heavy (non-hydrogen) atoms. The van der Waals surface area contributed by atoms with Gasteiger partial charge in [0.05, 0.1) is 0 Å². The first-order valence-electron chi connectivity index (χ1n) is 6.61. The van der Waals surface area contributed by atoms with Crippen LogP contribution in [0, 0.1) is 0 Å². The van der Waals surface area contributed by atoms with Gasteiger partial charge in [-0.05, 0) is 26.3 Å². The van der Waals surface area contributed by atoms with Crippen molar-refractivity contribution in [2.75, 3.05) is 11.6 Å². The first-order chi connectivity index (χ1) is 10.2. The summed E-state index contributed by atoms with van der Waals surface area (Å²) in [6.45, 7) is 5.15. The minimum Gasteiger partial charge on any atom is -0.477 e. The van der Waals surface area contributed by atoms with Gasteiger partial charge in [-0.1, -0.05) is 0 Å². The number of thioether (sulfide) groups is 1. The van der Waals surface area contributed by atoms with E-state index in [4.69, 9.17) is 16.3 Å². The van der Waals surface area contributed by atoms with Gasteiger partial charge in [0.1, 0.15) is 22.7 Å². The van der Waals surface area contributed by atoms with E-state index in [0.29, 0.717) is 11.3 Å². The molecular weight excluding hydrogens is 332 g/mol. The molecule has 0 radical (unpaired) electrons. The lowest BCUT2D eigenvalue weighted by atomic mass is 10.0. The summed E-state index contributed by atoms with van der Waals surface area (Å²) in [5.41, 5.74) is -0.251. The van der Waals surface area contributed by atoms with Crippen molar-refractivity contribution < 1.29 is 24.2 Å². The second-order valence-corrected chi connectivity index (χ2v) is 7.30. The molecule has 0 aliphatic carbocycles. The van der Waals surface area contributed by atoms with Gasteiger partial charge in [-0.25, -0.2) is 9.59 Å². The van der Waals surface area contributed by atoms with Crippen LogP contribution >= 0.6 is 23.4 Å². The number of fused-ring (bicyclic) bond motifs is 1. The van der Waals surface area contributed by atoms with Gasteiger partial charge in [-0.15, -0.1) is 23.4 Å². The van der Waals surface area contributed by atoms with E-state index in [-0.39, 0.29) is 11.6 Å². The molecule has 2 amide bonds. The summed E-state index contributed by atoms with van der Waals surface area (Å²) in [4.78, 5) is 36.5. The lowest BCUT2D eigenvalue weighted by molar-refractivity contribution is -0.149. The molecule has 122 valence electrons. The maximum Gasteiger partial charge on any atom is 0.408 e. The number of nitrogens with one attached hydrogen (secondary N) is 1. The van der Waals surface area contributed by atoms with E-state index < -0.39 is 35.0 Å². The quantitative estimate of drug-likeness (QED) is 0.590. The standard InChI is InChI=1S/C13H17ClN2O5S/c1-13(2,3)21-12(20)15-7-9(17)16-8(11(18)19)6(4-14)5-22-10(7)16/h7,10H,4-5H2,1-3H3,(H,15,20)(H,18,19). The molecule has 1 saturated heterocycles. The highest BCUT2D eigenvalue weighted by Gasteiger charge is 2.54. The van der Waals surface area contributed by atoms with Gasteiger partial charge in [0, 0.05) is 11.6 Å². The average molecular weight is 349 g/mol. The molecule has 9 heteroatoms. The summed E-state index contributed by atoms with van der Waals surface area (Å²) < 4.78 is 5.11. The van der Waals surface area contributed by atoms with Crippen LogP contribution in [0.4, 0.5) is 4.79 Å². The van der Waals surface area contributed by atoms with E-state index >= 15 is 0 Å². The minimum atomic E-state index is -1.19. The summed E-state index contributed by atoms with van der Waals surface area (Å²) >= 11 is 7.10. The maximum atomic E-state index is 12.2. The van der Waals surface area contributed by atoms with Gasteiger partial charge in [0.15, 0.2) is 0 Å². The van der Waals surface area contributed by atoms with Crippen LogP contribution in [0.2, 0.25) is 0 Å². The molecule has 0 aromatic carbocycles. The number of aliphatic carboxylic acids is 1. The molecule has 0 spiro atoms. The molecule has 0 bridgehead atoms. The smallest absolute Gasteiger partial charge is 0.408 e. The molecule has 2 rings (SSSR count). The van der Waals surface area contributed by atoms with Crippen molar-refractivity contribution >= 4 is 41.3 Å². The Morgan fingerprint density at radius 3 is 2.64 bits per heavy atom. The lowest BCUT2D eigenvalue weighted by Crippen LogP contribution is -2.70. The summed E-state index contributed by atoms with van der Waals surface area (Å²) in [6, 6.07) is -0.786. The molecule has 2 unspecified atom stereocenters. The molecule has 0 saturated carbocycles. The Morgan fingerprint density at radius 1 is 1.50 bits per heavy atom. The lowest BCUT2D eigenvalue weighted by Gasteiger charge is -2.49. The second kappa shape index (κ2) is 6.00. The van der Waals surface area contributed by atoms with Crippen LogP contribution in [0.15, 0.2) is 11.3 Å². The predicted molar refractivity (Wildman–Crippen MR) is 81.6 cm³/mol. The molecule has 2 aliphatic heterocycles. The van der Waals surface area contributed by atoms with Crippen LogP contribution in [-0.4, -0.2) is 56.6 Å². The number of carbonyl (C=O) groups is 3. The fourth-order valence-corrected chi connectivity index (χ4v) is 3.90. The number of alkyl carbamates (subject to hydrolysis) is 1. The molecule has 1 fully saturated rings. The van der Waals surface area contributed by atoms with Crippen LogP contribution in [0.1, 0.15) is 20.8 Å². The Bertz CT molecular complexity index is 557. The number of hydrogen-bond acceptors (Lipinski definition) is 5. The molecule has 2 N–H and O–H groups in total. The highest BCUT2D eigenvalue weighted by atomic mass is 35.5. The van der Waals surface area contributed by atoms with Crippen molar-refractivity contribution in [2.45, 2.75) is 37.8 Å². The molecule has 2 aliphatic rings. The SMILES string of the molecule is CC(C)(C)OC(=O)NC1C(=O)N2C(C(=O)O)=C(CCl)CSC12. The fraction of sp³-hybridized carbons (Fsp3) is 0.615. The Hall–Kier alpha value is -1.41. The van der Waals surface area contributed by atoms with E-state index in [1.165, 1.54) is 16.7 Å². The Labute approximate surface area is 137 Å². The normalized spacial score (nSPS) is 24.5. The number of halogens is 1. The predicted octanol–water partition coefficient (Wildman–Crippen LogP) is 1.37. The van der Waals surface area contributed by atoms with Crippen molar-refractivity contribution in [2.24, 2.45) is 0 Å². The van der Waals surface area contributed by atoms with Crippen LogP contribution in [0.3, 0.4) is 0 Å². The van der Waals surface area contributed by atoms with E-state index in [0.717, 1.165) is 0 Å². The number of carbonyl (C=O) groups excluding carboxylic acids is 2. The van der Waals surface area contributed by atoms with Gasteiger partial charge in [-0.2, -0.15) is 0 Å². The topological polar surface area (TPSA) is 95.9 Å². The van der Waals surface area contributed by atoms with Crippen LogP contribution in [0.25, 0.3) is 0 Å². The molecule has 7 nitrogen and oxygen atoms in total. The first kappa shape index (κ1) is 17.0. The summed E-state index contributed by atoms with van der Waals surface area (Å²) in [5, 5.41) is 11.3. The van der Waals surface area contributed by atoms with Crippen LogP contribution in [0.5, 0.6) is 0 Å². The van der Waals surface area contributed by atoms with Gasteiger partial charge >= 0.3 is 12.1 Å². The molecular formula is C13H17ClN2O5S. The Morgan fingerprint density at radius 2 is 2.14 bits per heavy atom. The maximum absolute atomic E-state index is 12.2. The van der Waals surface area contributed by atoms with Gasteiger partial charge in [0.2, 0.25) is 0 Å². The third-order valence-corrected chi connectivity index (χ3v) is 4.75. The number of hydrogen-bond donors (Lipinski definition) is 2. The third-order valence-electron chi connectivity index (χ3n) is 3.08. The minimum absolute atomic E-state index is 0.0509. The first-order valence-corrected chi connectivity index (χ1v) is 8.19. The number of carboxylic acids is 1. The van der Waals surface area contributed by atoms with Crippen molar-refractivity contribution in [3.8, 4) is 0 Å². The Kier molecular flexibility index (Phi) is 4.62. The third kappa shape index (κ3) is 3.17. The van der Waals surface area contributed by atoms with Crippen LogP contribution < -0.4 is 5.32 Å². The van der Waals surface area contributed by atoms with Crippen molar-refractivity contribution in [1.82, 2.24) is 10.2 Å². The number of carboxylic acid groups (broad SMARTS) is 1.